The molecule has 1 rings (SSSR count). The summed E-state index contributed by atoms with van der Waals surface area (Å²) < 4.78 is 5.25. The summed E-state index contributed by atoms with van der Waals surface area (Å²) in [5.74, 6) is -0.549. The van der Waals surface area contributed by atoms with Crippen molar-refractivity contribution in [3.8, 4) is 0 Å². The Bertz CT molecular complexity index is 784. The van der Waals surface area contributed by atoms with Gasteiger partial charge in [-0.15, -0.1) is 0 Å². The molecule has 0 saturated heterocycles. The molecule has 32 heavy (non-hydrogen) atoms. The van der Waals surface area contributed by atoms with Gasteiger partial charge in [-0.3, -0.25) is 9.59 Å². The van der Waals surface area contributed by atoms with Gasteiger partial charge in [-0.2, -0.15) is 0 Å². The Labute approximate surface area is 193 Å². The van der Waals surface area contributed by atoms with Crippen molar-refractivity contribution in [2.45, 2.75) is 92.3 Å². The minimum absolute atomic E-state index is 0.0670. The lowest BCUT2D eigenvalue weighted by atomic mass is 9.95. The zero-order valence-corrected chi connectivity index (χ0v) is 21.0. The van der Waals surface area contributed by atoms with Crippen molar-refractivity contribution in [3.63, 3.8) is 0 Å². The molecule has 1 unspecified atom stereocenters. The first-order valence-corrected chi connectivity index (χ1v) is 11.5. The predicted molar refractivity (Wildman–Crippen MR) is 127 cm³/mol. The third-order valence-corrected chi connectivity index (χ3v) is 5.04. The SMILES string of the molecule is CCCCCN(C(=O)CNC(=O)OC(C)(C)C)C(C(=O)NC(C)C)c1cccc(C)c1C. The van der Waals surface area contributed by atoms with Crippen molar-refractivity contribution < 1.29 is 19.1 Å². The Kier molecular flexibility index (Phi) is 10.7. The number of nitrogens with zero attached hydrogens (tertiary/aromatic N) is 1. The van der Waals surface area contributed by atoms with Crippen molar-refractivity contribution in [1.82, 2.24) is 15.5 Å². The summed E-state index contributed by atoms with van der Waals surface area (Å²) in [5.41, 5.74) is 2.17. The molecule has 0 saturated carbocycles. The molecule has 0 heterocycles. The molecule has 0 radical (unpaired) electrons. The second-order valence-electron chi connectivity index (χ2n) is 9.50. The number of unbranched alkanes of at least 4 members (excludes halogenated alkanes) is 2. The van der Waals surface area contributed by atoms with E-state index in [2.05, 4.69) is 17.6 Å². The maximum atomic E-state index is 13.3. The van der Waals surface area contributed by atoms with Crippen molar-refractivity contribution >= 4 is 17.9 Å². The van der Waals surface area contributed by atoms with E-state index >= 15 is 0 Å². The number of alkyl carbamates (subject to hydrolysis) is 1. The summed E-state index contributed by atoms with van der Waals surface area (Å²) in [6.45, 7) is 15.3. The highest BCUT2D eigenvalue weighted by atomic mass is 16.6. The highest BCUT2D eigenvalue weighted by Gasteiger charge is 2.33. The van der Waals surface area contributed by atoms with Crippen LogP contribution in [0.25, 0.3) is 0 Å². The van der Waals surface area contributed by atoms with Crippen molar-refractivity contribution in [1.29, 1.82) is 0 Å². The number of carbonyl (C=O) groups is 3. The third-order valence-electron chi connectivity index (χ3n) is 5.04. The first-order chi connectivity index (χ1) is 14.9. The molecule has 1 atom stereocenters. The highest BCUT2D eigenvalue weighted by Crippen LogP contribution is 2.27. The molecule has 0 bridgehead atoms. The zero-order valence-electron chi connectivity index (χ0n) is 21.0. The fourth-order valence-corrected chi connectivity index (χ4v) is 3.38. The van der Waals surface area contributed by atoms with Crippen LogP contribution < -0.4 is 10.6 Å². The van der Waals surface area contributed by atoms with Crippen LogP contribution in [-0.2, 0) is 14.3 Å². The van der Waals surface area contributed by atoms with Crippen LogP contribution in [0.4, 0.5) is 4.79 Å². The molecule has 0 aliphatic heterocycles. The summed E-state index contributed by atoms with van der Waals surface area (Å²) in [6, 6.07) is 4.95. The van der Waals surface area contributed by atoms with Gasteiger partial charge in [-0.05, 0) is 71.6 Å². The molecule has 0 aromatic heterocycles. The third kappa shape index (κ3) is 8.89. The van der Waals surface area contributed by atoms with Gasteiger partial charge < -0.3 is 20.3 Å². The van der Waals surface area contributed by atoms with Crippen molar-refractivity contribution in [3.05, 3.63) is 34.9 Å². The normalized spacial score (nSPS) is 12.3. The van der Waals surface area contributed by atoms with E-state index < -0.39 is 17.7 Å². The van der Waals surface area contributed by atoms with Gasteiger partial charge in [0.1, 0.15) is 18.2 Å². The van der Waals surface area contributed by atoms with Gasteiger partial charge in [-0.25, -0.2) is 4.79 Å². The van der Waals surface area contributed by atoms with Gasteiger partial charge in [-0.1, -0.05) is 38.0 Å². The number of hydrogen-bond acceptors (Lipinski definition) is 4. The van der Waals surface area contributed by atoms with E-state index in [1.54, 1.807) is 25.7 Å². The van der Waals surface area contributed by atoms with E-state index in [1.807, 2.05) is 45.9 Å². The number of nitrogens with one attached hydrogen (secondary N) is 2. The number of ether oxygens (including phenoxy) is 1. The van der Waals surface area contributed by atoms with Crippen LogP contribution in [0.2, 0.25) is 0 Å². The second-order valence-corrected chi connectivity index (χ2v) is 9.50. The largest absolute Gasteiger partial charge is 0.444 e. The highest BCUT2D eigenvalue weighted by molar-refractivity contribution is 5.90. The standard InChI is InChI=1S/C25H41N3O4/c1-9-10-11-15-28(21(29)16-26-24(31)32-25(6,7)8)22(23(30)27-17(2)3)20-14-12-13-18(4)19(20)5/h12-14,17,22H,9-11,15-16H2,1-8H3,(H,26,31)(H,27,30). The van der Waals surface area contributed by atoms with Gasteiger partial charge in [0.15, 0.2) is 0 Å². The molecule has 0 aliphatic rings. The summed E-state index contributed by atoms with van der Waals surface area (Å²) >= 11 is 0. The molecule has 7 nitrogen and oxygen atoms in total. The molecule has 2 N–H and O–H groups in total. The lowest BCUT2D eigenvalue weighted by molar-refractivity contribution is -0.140. The molecule has 1 aromatic carbocycles. The summed E-state index contributed by atoms with van der Waals surface area (Å²) in [7, 11) is 0. The van der Waals surface area contributed by atoms with E-state index in [1.165, 1.54) is 0 Å². The molecular formula is C25H41N3O4. The van der Waals surface area contributed by atoms with Crippen LogP contribution in [0.1, 0.15) is 83.5 Å². The quantitative estimate of drug-likeness (QED) is 0.520. The molecule has 0 fully saturated rings. The van der Waals surface area contributed by atoms with E-state index in [4.69, 9.17) is 4.74 Å². The van der Waals surface area contributed by atoms with Crippen LogP contribution in [0.5, 0.6) is 0 Å². The van der Waals surface area contributed by atoms with Crippen LogP contribution in [0, 0.1) is 13.8 Å². The van der Waals surface area contributed by atoms with E-state index in [-0.39, 0.29) is 24.4 Å². The average molecular weight is 448 g/mol. The maximum Gasteiger partial charge on any atom is 0.408 e. The van der Waals surface area contributed by atoms with Crippen LogP contribution >= 0.6 is 0 Å². The Morgan fingerprint density at radius 1 is 1.09 bits per heavy atom. The fourth-order valence-electron chi connectivity index (χ4n) is 3.38. The smallest absolute Gasteiger partial charge is 0.408 e. The monoisotopic (exact) mass is 447 g/mol. The van der Waals surface area contributed by atoms with Crippen LogP contribution in [0.15, 0.2) is 18.2 Å². The topological polar surface area (TPSA) is 87.7 Å². The summed E-state index contributed by atoms with van der Waals surface area (Å²) in [5, 5.41) is 5.50. The van der Waals surface area contributed by atoms with Gasteiger partial charge in [0.2, 0.25) is 11.8 Å². The maximum absolute atomic E-state index is 13.3. The lowest BCUT2D eigenvalue weighted by Gasteiger charge is -2.33. The van der Waals surface area contributed by atoms with Crippen molar-refractivity contribution in [2.75, 3.05) is 13.1 Å². The molecule has 1 aromatic rings. The first-order valence-electron chi connectivity index (χ1n) is 11.5. The lowest BCUT2D eigenvalue weighted by Crippen LogP contribution is -2.49. The number of carbonyl (C=O) groups excluding carboxylic acids is 3. The Hall–Kier alpha value is -2.57. The number of rotatable bonds is 10. The van der Waals surface area contributed by atoms with Gasteiger partial charge >= 0.3 is 6.09 Å². The molecule has 0 aliphatic carbocycles. The van der Waals surface area contributed by atoms with Crippen LogP contribution in [-0.4, -0.2) is 47.5 Å². The number of aryl methyl sites for hydroxylation is 1. The summed E-state index contributed by atoms with van der Waals surface area (Å²) in [4.78, 5) is 40.3. The van der Waals surface area contributed by atoms with Gasteiger partial charge in [0.25, 0.3) is 0 Å². The zero-order chi connectivity index (χ0) is 24.5. The Morgan fingerprint density at radius 3 is 2.31 bits per heavy atom. The predicted octanol–water partition coefficient (Wildman–Crippen LogP) is 4.41. The Morgan fingerprint density at radius 2 is 1.75 bits per heavy atom. The average Bonchev–Trinajstić information content (AvgIpc) is 2.66. The Balaban J connectivity index is 3.26. The van der Waals surface area contributed by atoms with Gasteiger partial charge in [0, 0.05) is 12.6 Å². The molecule has 180 valence electrons. The molecule has 7 heteroatoms. The minimum atomic E-state index is -0.776. The number of hydrogen-bond donors (Lipinski definition) is 2. The van der Waals surface area contributed by atoms with Crippen molar-refractivity contribution in [2.24, 2.45) is 0 Å². The second kappa shape index (κ2) is 12.5. The van der Waals surface area contributed by atoms with E-state index in [0.29, 0.717) is 6.54 Å². The van der Waals surface area contributed by atoms with E-state index in [9.17, 15) is 14.4 Å². The molecular weight excluding hydrogens is 406 g/mol. The van der Waals surface area contributed by atoms with Gasteiger partial charge in [0.05, 0.1) is 0 Å². The number of benzene rings is 1. The van der Waals surface area contributed by atoms with Crippen LogP contribution in [0.3, 0.4) is 0 Å². The van der Waals surface area contributed by atoms with E-state index in [0.717, 1.165) is 36.0 Å². The molecule has 3 amide bonds. The summed E-state index contributed by atoms with van der Waals surface area (Å²) in [6.07, 6.45) is 2.04. The first kappa shape index (κ1) is 27.5. The minimum Gasteiger partial charge on any atom is -0.444 e. The number of amides is 3. The molecule has 0 spiro atoms. The fraction of sp³-hybridized carbons (Fsp3) is 0.640.